The molecule has 5 unspecified atom stereocenters. The predicted molar refractivity (Wildman–Crippen MR) is 194 cm³/mol. The van der Waals surface area contributed by atoms with Crippen LogP contribution in [0.25, 0.3) is 0 Å². The second-order valence-electron chi connectivity index (χ2n) is 15.0. The van der Waals surface area contributed by atoms with Gasteiger partial charge in [0.05, 0.1) is 24.9 Å². The van der Waals surface area contributed by atoms with Crippen LogP contribution in [0.2, 0.25) is 0 Å². The van der Waals surface area contributed by atoms with Crippen molar-refractivity contribution in [1.82, 2.24) is 10.6 Å². The average molecular weight is 689 g/mol. The molecule has 9 nitrogen and oxygen atoms in total. The van der Waals surface area contributed by atoms with Gasteiger partial charge in [0.25, 0.3) is 0 Å². The highest BCUT2D eigenvalue weighted by atomic mass is 16.8. The van der Waals surface area contributed by atoms with E-state index in [1.807, 2.05) is 44.2 Å². The van der Waals surface area contributed by atoms with Crippen LogP contribution < -0.4 is 10.6 Å². The third-order valence-electron chi connectivity index (χ3n) is 10.5. The molecule has 2 aliphatic heterocycles. The Kier molecular flexibility index (Phi) is 18.4. The summed E-state index contributed by atoms with van der Waals surface area (Å²) in [7, 11) is 0. The van der Waals surface area contributed by atoms with Gasteiger partial charge in [-0.3, -0.25) is 4.79 Å². The van der Waals surface area contributed by atoms with Gasteiger partial charge < -0.3 is 34.3 Å². The Morgan fingerprint density at radius 1 is 0.816 bits per heavy atom. The zero-order chi connectivity index (χ0) is 35.6. The summed E-state index contributed by atoms with van der Waals surface area (Å²) in [6.07, 6.45) is 14.5. The number of unbranched alkanes of at least 4 members (excludes halogenated alkanes) is 11. The van der Waals surface area contributed by atoms with Crippen molar-refractivity contribution >= 4 is 12.0 Å². The lowest BCUT2D eigenvalue weighted by Crippen LogP contribution is -2.54. The van der Waals surface area contributed by atoms with Gasteiger partial charge in [-0.2, -0.15) is 0 Å². The molecule has 280 valence electrons. The number of amides is 2. The fourth-order valence-corrected chi connectivity index (χ4v) is 7.10. The number of carbonyl (C=O) groups excluding carboxylic acids is 2. The molecular weight excluding hydrogens is 620 g/mol. The van der Waals surface area contributed by atoms with Gasteiger partial charge in [-0.15, -0.1) is 0 Å². The van der Waals surface area contributed by atoms with Crippen LogP contribution in [-0.2, 0) is 35.1 Å². The Hall–Kier alpha value is -2.20. The number of rotatable bonds is 22. The zero-order valence-corrected chi connectivity index (χ0v) is 31.7. The maximum atomic E-state index is 13.2. The maximum Gasteiger partial charge on any atom is 0.407 e. The van der Waals surface area contributed by atoms with Gasteiger partial charge in [0.15, 0.2) is 12.1 Å². The first-order valence-corrected chi connectivity index (χ1v) is 19.3. The van der Waals surface area contributed by atoms with Crippen LogP contribution in [0, 0.1) is 17.8 Å². The minimum atomic E-state index is -0.789. The van der Waals surface area contributed by atoms with E-state index in [1.165, 1.54) is 71.1 Å². The number of hydrogen-bond acceptors (Lipinski definition) is 7. The number of hydrogen-bond donors (Lipinski definition) is 2. The van der Waals surface area contributed by atoms with Gasteiger partial charge in [0.1, 0.15) is 12.7 Å². The van der Waals surface area contributed by atoms with E-state index >= 15 is 0 Å². The number of nitrogens with one attached hydrogen (secondary N) is 2. The lowest BCUT2D eigenvalue weighted by atomic mass is 9.79. The molecule has 1 aromatic carbocycles. The Labute approximate surface area is 297 Å². The van der Waals surface area contributed by atoms with E-state index in [2.05, 4.69) is 38.3 Å². The van der Waals surface area contributed by atoms with E-state index in [1.54, 1.807) is 0 Å². The predicted octanol–water partition coefficient (Wildman–Crippen LogP) is 8.68. The monoisotopic (exact) mass is 689 g/mol. The molecular formula is C40H68N2O7. The number of ether oxygens (including phenoxy) is 5. The molecule has 2 saturated heterocycles. The van der Waals surface area contributed by atoms with Gasteiger partial charge >= 0.3 is 6.09 Å². The minimum Gasteiger partial charge on any atom is -0.445 e. The van der Waals surface area contributed by atoms with Crippen molar-refractivity contribution < 1.29 is 33.3 Å². The second-order valence-corrected chi connectivity index (χ2v) is 15.0. The van der Waals surface area contributed by atoms with E-state index in [0.717, 1.165) is 24.8 Å². The van der Waals surface area contributed by atoms with Crippen LogP contribution >= 0.6 is 0 Å². The Balaban J connectivity index is 1.59. The molecule has 0 bridgehead atoms. The van der Waals surface area contributed by atoms with E-state index in [9.17, 15) is 9.59 Å². The highest BCUT2D eigenvalue weighted by Gasteiger charge is 2.46. The molecule has 0 radical (unpaired) electrons. The van der Waals surface area contributed by atoms with E-state index < -0.39 is 30.3 Å². The van der Waals surface area contributed by atoms with Crippen LogP contribution in [0.3, 0.4) is 0 Å². The van der Waals surface area contributed by atoms with Gasteiger partial charge in [-0.05, 0) is 37.7 Å². The highest BCUT2D eigenvalue weighted by Crippen LogP contribution is 2.37. The fraction of sp³-hybridized carbons (Fsp3) is 0.800. The number of benzene rings is 1. The smallest absolute Gasteiger partial charge is 0.407 e. The van der Waals surface area contributed by atoms with E-state index in [4.69, 9.17) is 23.7 Å². The van der Waals surface area contributed by atoms with Crippen molar-refractivity contribution in [3.05, 3.63) is 35.9 Å². The van der Waals surface area contributed by atoms with E-state index in [-0.39, 0.29) is 43.2 Å². The standard InChI is InChI=1S/C40H68N2O7/c1-8-9-10-11-12-13-14-15-16-17-18-22-25-35-37(49-40(6,7)48-35)34(42-39(44)46-27-33-23-20-19-21-24-33)28-45-38-31(4)29(2)30(3)36(47-38)26-41-32(5)43/h19-21,23-24,29-31,34-38H,8-18,22,25-28H2,1-7H3,(H,41,43)(H,42,44)/t29?,30?,31?,34-,35+,36?,37-,38?/m0/s1. The molecule has 49 heavy (non-hydrogen) atoms. The molecule has 2 aliphatic rings. The van der Waals surface area contributed by atoms with Crippen molar-refractivity contribution in [2.45, 2.75) is 175 Å². The molecule has 0 saturated carbocycles. The van der Waals surface area contributed by atoms with Gasteiger partial charge in [-0.25, -0.2) is 4.79 Å². The summed E-state index contributed by atoms with van der Waals surface area (Å²) in [5, 5.41) is 5.96. The number of carbonyl (C=O) groups is 2. The van der Waals surface area contributed by atoms with Crippen molar-refractivity contribution in [2.75, 3.05) is 13.2 Å². The third kappa shape index (κ3) is 14.9. The van der Waals surface area contributed by atoms with E-state index in [0.29, 0.717) is 12.5 Å². The van der Waals surface area contributed by atoms with Crippen molar-refractivity contribution in [2.24, 2.45) is 17.8 Å². The second kappa shape index (κ2) is 21.9. The van der Waals surface area contributed by atoms with Crippen molar-refractivity contribution in [3.63, 3.8) is 0 Å². The molecule has 9 heteroatoms. The number of alkyl carbamates (subject to hydrolysis) is 1. The first-order valence-electron chi connectivity index (χ1n) is 19.3. The molecule has 2 N–H and O–H groups in total. The minimum absolute atomic E-state index is 0.0852. The van der Waals surface area contributed by atoms with Gasteiger partial charge in [-0.1, -0.05) is 135 Å². The molecule has 0 aliphatic carbocycles. The maximum absolute atomic E-state index is 13.2. The van der Waals surface area contributed by atoms with Crippen LogP contribution in [0.5, 0.6) is 0 Å². The highest BCUT2D eigenvalue weighted by molar-refractivity contribution is 5.72. The van der Waals surface area contributed by atoms with Crippen LogP contribution in [-0.4, -0.2) is 61.6 Å². The largest absolute Gasteiger partial charge is 0.445 e. The SMILES string of the molecule is CCCCCCCCCCCCCC[C@H]1OC(C)(C)O[C@H]1[C@H](COC1OC(CNC(C)=O)C(C)C(C)C1C)NC(=O)OCc1ccccc1. The lowest BCUT2D eigenvalue weighted by molar-refractivity contribution is -0.250. The summed E-state index contributed by atoms with van der Waals surface area (Å²) < 4.78 is 31.4. The van der Waals surface area contributed by atoms with Crippen molar-refractivity contribution in [1.29, 1.82) is 0 Å². The van der Waals surface area contributed by atoms with Gasteiger partial charge in [0.2, 0.25) is 5.91 Å². The first kappa shape index (κ1) is 41.2. The Morgan fingerprint density at radius 2 is 1.43 bits per heavy atom. The summed E-state index contributed by atoms with van der Waals surface area (Å²) >= 11 is 0. The van der Waals surface area contributed by atoms with Crippen molar-refractivity contribution in [3.8, 4) is 0 Å². The van der Waals surface area contributed by atoms with Crippen LogP contribution in [0.4, 0.5) is 4.79 Å². The summed E-state index contributed by atoms with van der Waals surface area (Å²) in [5.41, 5.74) is 0.912. The quantitative estimate of drug-likeness (QED) is 0.118. The third-order valence-corrected chi connectivity index (χ3v) is 10.5. The summed E-state index contributed by atoms with van der Waals surface area (Å²) in [5.74, 6) is -0.206. The summed E-state index contributed by atoms with van der Waals surface area (Å²) in [6.45, 7) is 14.9. The summed E-state index contributed by atoms with van der Waals surface area (Å²) in [4.78, 5) is 24.8. The lowest BCUT2D eigenvalue weighted by Gasteiger charge is -2.44. The molecule has 0 spiro atoms. The van der Waals surface area contributed by atoms with Gasteiger partial charge in [0, 0.05) is 19.4 Å². The fourth-order valence-electron chi connectivity index (χ4n) is 7.10. The molecule has 8 atom stereocenters. The zero-order valence-electron chi connectivity index (χ0n) is 31.7. The Morgan fingerprint density at radius 3 is 2.04 bits per heavy atom. The Bertz CT molecular complexity index is 1070. The first-order chi connectivity index (χ1) is 23.5. The molecule has 2 heterocycles. The molecule has 1 aromatic rings. The van der Waals surface area contributed by atoms with Crippen LogP contribution in [0.15, 0.2) is 30.3 Å². The normalized spacial score (nSPS) is 27.0. The molecule has 3 rings (SSSR count). The topological polar surface area (TPSA) is 104 Å². The van der Waals surface area contributed by atoms with Crippen LogP contribution in [0.1, 0.15) is 138 Å². The molecule has 2 amide bonds. The molecule has 0 aromatic heterocycles. The summed E-state index contributed by atoms with van der Waals surface area (Å²) in [6, 6.07) is 9.11. The average Bonchev–Trinajstić information content (AvgIpc) is 3.39. The molecule has 2 fully saturated rings.